The molecular formula is C23H30N8. The van der Waals surface area contributed by atoms with Gasteiger partial charge in [0.05, 0.1) is 6.20 Å². The third-order valence-electron chi connectivity index (χ3n) is 6.27. The van der Waals surface area contributed by atoms with Gasteiger partial charge in [0, 0.05) is 54.9 Å². The summed E-state index contributed by atoms with van der Waals surface area (Å²) in [6, 6.07) is 7.19. The van der Waals surface area contributed by atoms with Crippen LogP contribution in [0.15, 0.2) is 36.8 Å². The number of benzene rings is 1. The highest BCUT2D eigenvalue weighted by Crippen LogP contribution is 2.30. The maximum absolute atomic E-state index is 6.09. The maximum Gasteiger partial charge on any atom is 0.229 e. The summed E-state index contributed by atoms with van der Waals surface area (Å²) >= 11 is 0. The van der Waals surface area contributed by atoms with Gasteiger partial charge in [-0.1, -0.05) is 6.07 Å². The molecule has 1 aliphatic carbocycles. The molecule has 0 radical (unpaired) electrons. The molecule has 1 aliphatic heterocycles. The van der Waals surface area contributed by atoms with Crippen LogP contribution < -0.4 is 21.7 Å². The van der Waals surface area contributed by atoms with Crippen molar-refractivity contribution in [3.05, 3.63) is 47.9 Å². The number of anilines is 3. The Kier molecular flexibility index (Phi) is 5.57. The Balaban J connectivity index is 1.42. The molecule has 0 unspecified atom stereocenters. The Morgan fingerprint density at radius 3 is 2.81 bits per heavy atom. The van der Waals surface area contributed by atoms with Crippen LogP contribution in [0.3, 0.4) is 0 Å². The van der Waals surface area contributed by atoms with Crippen LogP contribution in [0.4, 0.5) is 17.5 Å². The van der Waals surface area contributed by atoms with Gasteiger partial charge in [-0.05, 0) is 61.9 Å². The van der Waals surface area contributed by atoms with Crippen molar-refractivity contribution >= 4 is 17.5 Å². The highest BCUT2D eigenvalue weighted by molar-refractivity contribution is 5.75. The molecule has 8 heteroatoms. The number of nitrogens with two attached hydrogens (primary N) is 1. The molecule has 162 valence electrons. The molecule has 1 aromatic carbocycles. The first-order valence-corrected chi connectivity index (χ1v) is 11.1. The van der Waals surface area contributed by atoms with E-state index in [0.29, 0.717) is 18.0 Å². The Morgan fingerprint density at radius 2 is 2.00 bits per heavy atom. The van der Waals surface area contributed by atoms with E-state index in [-0.39, 0.29) is 0 Å². The molecule has 0 bridgehead atoms. The topological polar surface area (TPSA) is 106 Å². The lowest BCUT2D eigenvalue weighted by atomic mass is 9.91. The van der Waals surface area contributed by atoms with Crippen LogP contribution in [0.5, 0.6) is 0 Å². The summed E-state index contributed by atoms with van der Waals surface area (Å²) in [7, 11) is 1.92. The van der Waals surface area contributed by atoms with E-state index in [0.717, 1.165) is 67.8 Å². The molecule has 2 aromatic heterocycles. The normalized spacial score (nSPS) is 20.8. The first kappa shape index (κ1) is 20.0. The van der Waals surface area contributed by atoms with Gasteiger partial charge >= 0.3 is 0 Å². The van der Waals surface area contributed by atoms with Crippen LogP contribution in [0.1, 0.15) is 36.8 Å². The zero-order chi connectivity index (χ0) is 21.2. The SMILES string of the molecule is Cn1cc(-c2cnc(Nc3ccc4c(c3)CNCC4)nc2N[C@H]2CC[C@@H](N)CC2)cn1. The van der Waals surface area contributed by atoms with Crippen LogP contribution in [0.25, 0.3) is 11.1 Å². The fourth-order valence-corrected chi connectivity index (χ4v) is 4.47. The standard InChI is InChI=1S/C23H30N8/c1-31-14-17(12-27-31)21-13-26-23(30-22(21)28-19-6-3-18(24)4-7-19)29-20-5-2-15-8-9-25-11-16(15)10-20/h2,5,10,12-14,18-19,25H,3-4,6-9,11,24H2,1H3,(H2,26,28,29,30)/t18-,19+. The predicted molar refractivity (Wildman–Crippen MR) is 123 cm³/mol. The molecule has 0 saturated heterocycles. The summed E-state index contributed by atoms with van der Waals surface area (Å²) < 4.78 is 1.80. The van der Waals surface area contributed by atoms with Gasteiger partial charge in [0.25, 0.3) is 0 Å². The first-order chi connectivity index (χ1) is 15.1. The van der Waals surface area contributed by atoms with Gasteiger partial charge in [-0.3, -0.25) is 4.68 Å². The highest BCUT2D eigenvalue weighted by atomic mass is 15.2. The predicted octanol–water partition coefficient (Wildman–Crippen LogP) is 2.95. The molecular weight excluding hydrogens is 388 g/mol. The van der Waals surface area contributed by atoms with Crippen molar-refractivity contribution in [1.82, 2.24) is 25.1 Å². The summed E-state index contributed by atoms with van der Waals surface area (Å²) in [5, 5.41) is 14.8. The van der Waals surface area contributed by atoms with Crippen LogP contribution in [0, 0.1) is 0 Å². The third-order valence-corrected chi connectivity index (χ3v) is 6.27. The summed E-state index contributed by atoms with van der Waals surface area (Å²) in [4.78, 5) is 9.46. The largest absolute Gasteiger partial charge is 0.367 e. The molecule has 8 nitrogen and oxygen atoms in total. The second-order valence-corrected chi connectivity index (χ2v) is 8.65. The lowest BCUT2D eigenvalue weighted by molar-refractivity contribution is 0.410. The smallest absolute Gasteiger partial charge is 0.229 e. The van der Waals surface area contributed by atoms with Gasteiger partial charge in [0.2, 0.25) is 5.95 Å². The second kappa shape index (κ2) is 8.64. The van der Waals surface area contributed by atoms with Crippen molar-refractivity contribution in [2.24, 2.45) is 12.8 Å². The Hall–Kier alpha value is -2.97. The van der Waals surface area contributed by atoms with Crippen molar-refractivity contribution in [3.63, 3.8) is 0 Å². The van der Waals surface area contributed by atoms with Gasteiger partial charge in [-0.2, -0.15) is 10.1 Å². The molecule has 31 heavy (non-hydrogen) atoms. The van der Waals surface area contributed by atoms with E-state index in [1.54, 1.807) is 4.68 Å². The van der Waals surface area contributed by atoms with Crippen LogP contribution in [0.2, 0.25) is 0 Å². The number of nitrogens with zero attached hydrogens (tertiary/aromatic N) is 4. The Bertz CT molecular complexity index is 1050. The van der Waals surface area contributed by atoms with E-state index in [4.69, 9.17) is 10.7 Å². The minimum atomic E-state index is 0.317. The molecule has 2 aliphatic rings. The van der Waals surface area contributed by atoms with E-state index in [9.17, 15) is 0 Å². The minimum Gasteiger partial charge on any atom is -0.367 e. The van der Waals surface area contributed by atoms with Crippen molar-refractivity contribution in [1.29, 1.82) is 0 Å². The van der Waals surface area contributed by atoms with E-state index in [1.165, 1.54) is 11.1 Å². The maximum atomic E-state index is 6.09. The minimum absolute atomic E-state index is 0.317. The molecule has 5 rings (SSSR count). The number of nitrogens with one attached hydrogen (secondary N) is 3. The molecule has 1 saturated carbocycles. The van der Waals surface area contributed by atoms with E-state index >= 15 is 0 Å². The van der Waals surface area contributed by atoms with Crippen molar-refractivity contribution in [2.45, 2.75) is 50.7 Å². The van der Waals surface area contributed by atoms with Gasteiger partial charge in [0.1, 0.15) is 5.82 Å². The van der Waals surface area contributed by atoms with Crippen LogP contribution in [-0.4, -0.2) is 38.4 Å². The molecule has 3 heterocycles. The van der Waals surface area contributed by atoms with Gasteiger partial charge in [0.15, 0.2) is 0 Å². The number of aryl methyl sites for hydroxylation is 1. The van der Waals surface area contributed by atoms with E-state index < -0.39 is 0 Å². The molecule has 0 amide bonds. The van der Waals surface area contributed by atoms with Gasteiger partial charge < -0.3 is 21.7 Å². The summed E-state index contributed by atoms with van der Waals surface area (Å²) in [5.41, 5.74) is 11.8. The number of fused-ring (bicyclic) bond motifs is 1. The molecule has 0 spiro atoms. The summed E-state index contributed by atoms with van der Waals surface area (Å²) in [6.45, 7) is 1.95. The van der Waals surface area contributed by atoms with Gasteiger partial charge in [-0.15, -0.1) is 0 Å². The highest BCUT2D eigenvalue weighted by Gasteiger charge is 2.21. The van der Waals surface area contributed by atoms with E-state index in [1.807, 2.05) is 25.6 Å². The summed E-state index contributed by atoms with van der Waals surface area (Å²) in [5.74, 6) is 1.43. The zero-order valence-electron chi connectivity index (χ0n) is 17.9. The first-order valence-electron chi connectivity index (χ1n) is 11.1. The fraction of sp³-hybridized carbons (Fsp3) is 0.435. The third kappa shape index (κ3) is 4.55. The van der Waals surface area contributed by atoms with Crippen LogP contribution in [-0.2, 0) is 20.0 Å². The molecule has 0 atom stereocenters. The van der Waals surface area contributed by atoms with Crippen molar-refractivity contribution in [3.8, 4) is 11.1 Å². The monoisotopic (exact) mass is 418 g/mol. The Labute approximate surface area is 182 Å². The number of hydrogen-bond donors (Lipinski definition) is 4. The number of aromatic nitrogens is 4. The molecule has 5 N–H and O–H groups in total. The molecule has 3 aromatic rings. The zero-order valence-corrected chi connectivity index (χ0v) is 17.9. The molecule has 1 fully saturated rings. The van der Waals surface area contributed by atoms with Gasteiger partial charge in [-0.25, -0.2) is 4.98 Å². The second-order valence-electron chi connectivity index (χ2n) is 8.65. The fourth-order valence-electron chi connectivity index (χ4n) is 4.47. The quantitative estimate of drug-likeness (QED) is 0.505. The summed E-state index contributed by atoms with van der Waals surface area (Å²) in [6.07, 6.45) is 11.0. The lowest BCUT2D eigenvalue weighted by Crippen LogP contribution is -2.33. The number of rotatable bonds is 5. The van der Waals surface area contributed by atoms with E-state index in [2.05, 4.69) is 44.2 Å². The van der Waals surface area contributed by atoms with Crippen molar-refractivity contribution in [2.75, 3.05) is 17.2 Å². The number of hydrogen-bond acceptors (Lipinski definition) is 7. The average Bonchev–Trinajstić information content (AvgIpc) is 3.21. The van der Waals surface area contributed by atoms with Crippen molar-refractivity contribution < 1.29 is 0 Å². The lowest BCUT2D eigenvalue weighted by Gasteiger charge is -2.28. The average molecular weight is 419 g/mol. The van der Waals surface area contributed by atoms with Crippen LogP contribution >= 0.6 is 0 Å². The Morgan fingerprint density at radius 1 is 1.13 bits per heavy atom.